The summed E-state index contributed by atoms with van der Waals surface area (Å²) in [7, 11) is 0. The highest BCUT2D eigenvalue weighted by molar-refractivity contribution is 5.94. The molecule has 18 heavy (non-hydrogen) atoms. The van der Waals surface area contributed by atoms with Crippen molar-refractivity contribution in [3.63, 3.8) is 0 Å². The Balaban J connectivity index is 1.79. The van der Waals surface area contributed by atoms with Gasteiger partial charge in [-0.15, -0.1) is 0 Å². The van der Waals surface area contributed by atoms with E-state index in [9.17, 15) is 9.59 Å². The van der Waals surface area contributed by atoms with Crippen LogP contribution in [-0.4, -0.2) is 11.7 Å². The van der Waals surface area contributed by atoms with Crippen LogP contribution in [0.1, 0.15) is 53.7 Å². The van der Waals surface area contributed by atoms with Gasteiger partial charge in [0.25, 0.3) is 0 Å². The van der Waals surface area contributed by atoms with E-state index in [1.807, 2.05) is 18.2 Å². The highest BCUT2D eigenvalue weighted by Crippen LogP contribution is 2.34. The Bertz CT molecular complexity index is 517. The number of fused-ring (bicyclic) bond motifs is 1. The summed E-state index contributed by atoms with van der Waals surface area (Å²) in [4.78, 5) is 23.1. The minimum Gasteiger partial charge on any atom is -0.349 e. The number of hydrogen-bond acceptors (Lipinski definition) is 2. The molecule has 0 radical (unpaired) electrons. The van der Waals surface area contributed by atoms with Crippen LogP contribution in [0.5, 0.6) is 0 Å². The van der Waals surface area contributed by atoms with Crippen LogP contribution in [0.25, 0.3) is 0 Å². The predicted octanol–water partition coefficient (Wildman–Crippen LogP) is 2.40. The van der Waals surface area contributed by atoms with E-state index in [4.69, 9.17) is 0 Å². The largest absolute Gasteiger partial charge is 0.349 e. The molecule has 2 aliphatic rings. The van der Waals surface area contributed by atoms with Crippen molar-refractivity contribution in [3.8, 4) is 0 Å². The molecule has 2 aliphatic carbocycles. The number of carbonyl (C=O) groups is 2. The third-order valence-electron chi connectivity index (χ3n) is 3.89. The van der Waals surface area contributed by atoms with Gasteiger partial charge in [0.2, 0.25) is 5.91 Å². The Morgan fingerprint density at radius 3 is 2.67 bits per heavy atom. The molecule has 1 fully saturated rings. The number of ketones is 1. The molecule has 0 bridgehead atoms. The maximum absolute atomic E-state index is 11.8. The monoisotopic (exact) mass is 243 g/mol. The van der Waals surface area contributed by atoms with Gasteiger partial charge in [-0.25, -0.2) is 0 Å². The fourth-order valence-electron chi connectivity index (χ4n) is 2.62. The van der Waals surface area contributed by atoms with Crippen molar-refractivity contribution < 1.29 is 9.59 Å². The Morgan fingerprint density at radius 2 is 2.00 bits per heavy atom. The second-order valence-electron chi connectivity index (χ2n) is 5.34. The third-order valence-corrected chi connectivity index (χ3v) is 3.89. The zero-order chi connectivity index (χ0) is 12.7. The molecule has 3 rings (SSSR count). The molecule has 0 aromatic heterocycles. The lowest BCUT2D eigenvalue weighted by molar-refractivity contribution is -0.123. The molecule has 94 valence electrons. The summed E-state index contributed by atoms with van der Waals surface area (Å²) < 4.78 is 0. The molecule has 1 N–H and O–H groups in total. The Kier molecular flexibility index (Phi) is 2.69. The number of carbonyl (C=O) groups excluding carboxylic acids is 2. The van der Waals surface area contributed by atoms with Gasteiger partial charge in [-0.1, -0.05) is 12.1 Å². The fourth-order valence-corrected chi connectivity index (χ4v) is 2.62. The van der Waals surface area contributed by atoms with E-state index < -0.39 is 0 Å². The molecule has 1 aromatic carbocycles. The molecule has 1 atom stereocenters. The second kappa shape index (κ2) is 4.23. The first-order valence-corrected chi connectivity index (χ1v) is 6.59. The molecule has 1 aromatic rings. The van der Waals surface area contributed by atoms with Gasteiger partial charge >= 0.3 is 0 Å². The first kappa shape index (κ1) is 11.5. The lowest BCUT2D eigenvalue weighted by Gasteiger charge is -2.14. The van der Waals surface area contributed by atoms with Gasteiger partial charge in [0.15, 0.2) is 5.78 Å². The van der Waals surface area contributed by atoms with Crippen LogP contribution in [0, 0.1) is 5.92 Å². The van der Waals surface area contributed by atoms with Crippen LogP contribution in [0.3, 0.4) is 0 Å². The first-order valence-electron chi connectivity index (χ1n) is 6.59. The van der Waals surface area contributed by atoms with Crippen LogP contribution in [0.2, 0.25) is 0 Å². The van der Waals surface area contributed by atoms with Gasteiger partial charge in [-0.3, -0.25) is 9.59 Å². The summed E-state index contributed by atoms with van der Waals surface area (Å²) in [6.45, 7) is 1.59. The van der Waals surface area contributed by atoms with Crippen LogP contribution in [0.4, 0.5) is 0 Å². The van der Waals surface area contributed by atoms with Crippen molar-refractivity contribution in [1.82, 2.24) is 5.32 Å². The van der Waals surface area contributed by atoms with E-state index in [-0.39, 0.29) is 23.7 Å². The molecule has 0 heterocycles. The molecular weight excluding hydrogens is 226 g/mol. The van der Waals surface area contributed by atoms with Crippen molar-refractivity contribution in [2.75, 3.05) is 0 Å². The smallest absolute Gasteiger partial charge is 0.223 e. The van der Waals surface area contributed by atoms with E-state index >= 15 is 0 Å². The SMILES string of the molecule is CC(=O)c1ccc2c(c1)CCC2NC(=O)C1CC1. The zero-order valence-corrected chi connectivity index (χ0v) is 10.5. The summed E-state index contributed by atoms with van der Waals surface area (Å²) in [5.41, 5.74) is 3.17. The molecule has 0 spiro atoms. The molecule has 1 amide bonds. The molecule has 0 saturated heterocycles. The quantitative estimate of drug-likeness (QED) is 0.829. The number of aryl methyl sites for hydroxylation is 1. The predicted molar refractivity (Wildman–Crippen MR) is 68.4 cm³/mol. The number of Topliss-reactive ketones (excluding diaryl/α,β-unsaturated/α-hetero) is 1. The average molecular weight is 243 g/mol. The van der Waals surface area contributed by atoms with Crippen LogP contribution in [0.15, 0.2) is 18.2 Å². The topological polar surface area (TPSA) is 46.2 Å². The van der Waals surface area contributed by atoms with Crippen molar-refractivity contribution >= 4 is 11.7 Å². The molecule has 3 heteroatoms. The van der Waals surface area contributed by atoms with Crippen LogP contribution < -0.4 is 5.32 Å². The van der Waals surface area contributed by atoms with Crippen molar-refractivity contribution in [2.45, 2.75) is 38.6 Å². The summed E-state index contributed by atoms with van der Waals surface area (Å²) in [5, 5.41) is 3.12. The van der Waals surface area contributed by atoms with E-state index in [0.717, 1.165) is 31.2 Å². The summed E-state index contributed by atoms with van der Waals surface area (Å²) >= 11 is 0. The number of benzene rings is 1. The van der Waals surface area contributed by atoms with E-state index in [2.05, 4.69) is 5.32 Å². The lowest BCUT2D eigenvalue weighted by atomic mass is 10.0. The highest BCUT2D eigenvalue weighted by atomic mass is 16.2. The molecule has 1 saturated carbocycles. The Morgan fingerprint density at radius 1 is 1.22 bits per heavy atom. The second-order valence-corrected chi connectivity index (χ2v) is 5.34. The van der Waals surface area contributed by atoms with Crippen LogP contribution >= 0.6 is 0 Å². The maximum atomic E-state index is 11.8. The summed E-state index contributed by atoms with van der Waals surface area (Å²) in [6.07, 6.45) is 3.98. The number of nitrogens with one attached hydrogen (secondary N) is 1. The van der Waals surface area contributed by atoms with Crippen molar-refractivity contribution in [2.24, 2.45) is 5.92 Å². The first-order chi connectivity index (χ1) is 8.65. The Labute approximate surface area is 107 Å². The van der Waals surface area contributed by atoms with Gasteiger partial charge in [-0.2, -0.15) is 0 Å². The van der Waals surface area contributed by atoms with Gasteiger partial charge < -0.3 is 5.32 Å². The van der Waals surface area contributed by atoms with E-state index in [0.29, 0.717) is 0 Å². The summed E-state index contributed by atoms with van der Waals surface area (Å²) in [5.74, 6) is 0.553. The van der Waals surface area contributed by atoms with Crippen LogP contribution in [-0.2, 0) is 11.2 Å². The Hall–Kier alpha value is -1.64. The minimum atomic E-state index is 0.100. The molecule has 0 aliphatic heterocycles. The average Bonchev–Trinajstić information content (AvgIpc) is 3.13. The number of rotatable bonds is 3. The van der Waals surface area contributed by atoms with Gasteiger partial charge in [0.05, 0.1) is 6.04 Å². The minimum absolute atomic E-state index is 0.100. The van der Waals surface area contributed by atoms with Crippen molar-refractivity contribution in [1.29, 1.82) is 0 Å². The van der Waals surface area contributed by atoms with Gasteiger partial charge in [-0.05, 0) is 49.8 Å². The zero-order valence-electron chi connectivity index (χ0n) is 10.5. The molecule has 1 unspecified atom stereocenters. The van der Waals surface area contributed by atoms with Gasteiger partial charge in [0, 0.05) is 11.5 Å². The standard InChI is InChI=1S/C15H17NO2/c1-9(17)11-4-6-13-12(8-11)5-7-14(13)16-15(18)10-2-3-10/h4,6,8,10,14H,2-3,5,7H2,1H3,(H,16,18). The fraction of sp³-hybridized carbons (Fsp3) is 0.467. The molecular formula is C15H17NO2. The lowest BCUT2D eigenvalue weighted by Crippen LogP contribution is -2.28. The third kappa shape index (κ3) is 2.05. The van der Waals surface area contributed by atoms with E-state index in [1.165, 1.54) is 11.1 Å². The molecule has 3 nitrogen and oxygen atoms in total. The number of amides is 1. The van der Waals surface area contributed by atoms with Crippen molar-refractivity contribution in [3.05, 3.63) is 34.9 Å². The highest BCUT2D eigenvalue weighted by Gasteiger charge is 2.33. The van der Waals surface area contributed by atoms with Gasteiger partial charge in [0.1, 0.15) is 0 Å². The van der Waals surface area contributed by atoms with E-state index in [1.54, 1.807) is 6.92 Å². The number of hydrogen-bond donors (Lipinski definition) is 1. The maximum Gasteiger partial charge on any atom is 0.223 e. The summed E-state index contributed by atoms with van der Waals surface area (Å²) in [6, 6.07) is 5.98. The normalized spacial score (nSPS) is 21.5.